The predicted octanol–water partition coefficient (Wildman–Crippen LogP) is 2.49. The molecule has 5 nitrogen and oxygen atoms in total. The Hall–Kier alpha value is -1.90. The van der Waals surface area contributed by atoms with Crippen molar-refractivity contribution in [3.63, 3.8) is 0 Å². The van der Waals surface area contributed by atoms with Crippen molar-refractivity contribution in [2.24, 2.45) is 5.92 Å². The Bertz CT molecular complexity index is 668. The SMILES string of the molecule is CC(C)(C)OC1CC1C(=O)NC[C@@]1(c2cccc(C#N)c2)CCO1. The van der Waals surface area contributed by atoms with Gasteiger partial charge < -0.3 is 14.8 Å². The van der Waals surface area contributed by atoms with Gasteiger partial charge in [-0.1, -0.05) is 12.1 Å². The van der Waals surface area contributed by atoms with E-state index in [4.69, 9.17) is 14.7 Å². The van der Waals surface area contributed by atoms with Gasteiger partial charge in [0.1, 0.15) is 5.60 Å². The van der Waals surface area contributed by atoms with Gasteiger partial charge in [-0.2, -0.15) is 5.26 Å². The van der Waals surface area contributed by atoms with Gasteiger partial charge in [0.05, 0.1) is 42.4 Å². The lowest BCUT2D eigenvalue weighted by Crippen LogP contribution is -2.50. The van der Waals surface area contributed by atoms with Crippen molar-refractivity contribution in [2.45, 2.75) is 50.9 Å². The molecule has 5 heteroatoms. The molecule has 2 unspecified atom stereocenters. The molecule has 0 radical (unpaired) electrons. The summed E-state index contributed by atoms with van der Waals surface area (Å²) in [6.07, 6.45) is 1.64. The van der Waals surface area contributed by atoms with E-state index in [1.807, 2.05) is 39.0 Å². The van der Waals surface area contributed by atoms with E-state index in [1.165, 1.54) is 0 Å². The standard InChI is InChI=1S/C19H24N2O3/c1-18(2,3)24-16-10-15(16)17(22)21-12-19(7-8-23-19)14-6-4-5-13(9-14)11-20/h4-6,9,15-16H,7-8,10,12H2,1-3H3,(H,21,22)/t15?,16?,19-/m1/s1. The summed E-state index contributed by atoms with van der Waals surface area (Å²) in [6.45, 7) is 7.10. The van der Waals surface area contributed by atoms with Crippen LogP contribution in [0.15, 0.2) is 24.3 Å². The molecular weight excluding hydrogens is 304 g/mol. The van der Waals surface area contributed by atoms with Gasteiger partial charge in [-0.25, -0.2) is 0 Å². The highest BCUT2D eigenvalue weighted by Gasteiger charge is 2.47. The molecule has 3 atom stereocenters. The lowest BCUT2D eigenvalue weighted by molar-refractivity contribution is -0.156. The van der Waals surface area contributed by atoms with Crippen molar-refractivity contribution in [3.05, 3.63) is 35.4 Å². The minimum Gasteiger partial charge on any atom is -0.372 e. The Kier molecular flexibility index (Phi) is 4.37. The van der Waals surface area contributed by atoms with Crippen LogP contribution in [0.1, 0.15) is 44.7 Å². The first-order chi connectivity index (χ1) is 11.3. The first-order valence-corrected chi connectivity index (χ1v) is 8.43. The molecule has 128 valence electrons. The number of nitrogens with one attached hydrogen (secondary N) is 1. The zero-order valence-electron chi connectivity index (χ0n) is 14.5. The van der Waals surface area contributed by atoms with Crippen LogP contribution in [0, 0.1) is 17.2 Å². The summed E-state index contributed by atoms with van der Waals surface area (Å²) in [4.78, 5) is 12.3. The smallest absolute Gasteiger partial charge is 0.225 e. The molecule has 0 bridgehead atoms. The molecule has 1 aromatic rings. The minimum atomic E-state index is -0.502. The van der Waals surface area contributed by atoms with Crippen molar-refractivity contribution in [3.8, 4) is 6.07 Å². The van der Waals surface area contributed by atoms with Crippen LogP contribution in [0.4, 0.5) is 0 Å². The Morgan fingerprint density at radius 1 is 1.50 bits per heavy atom. The van der Waals surface area contributed by atoms with Gasteiger partial charge in [-0.05, 0) is 44.9 Å². The summed E-state index contributed by atoms with van der Waals surface area (Å²) in [6, 6.07) is 9.57. The first kappa shape index (κ1) is 16.9. The van der Waals surface area contributed by atoms with E-state index >= 15 is 0 Å². The molecule has 1 saturated carbocycles. The molecule has 1 aliphatic heterocycles. The summed E-state index contributed by atoms with van der Waals surface area (Å²) in [5, 5.41) is 12.1. The quantitative estimate of drug-likeness (QED) is 0.901. The molecular formula is C19H24N2O3. The molecule has 1 aromatic carbocycles. The van der Waals surface area contributed by atoms with Crippen LogP contribution in [0.5, 0.6) is 0 Å². The van der Waals surface area contributed by atoms with E-state index in [1.54, 1.807) is 6.07 Å². The van der Waals surface area contributed by atoms with E-state index < -0.39 is 5.60 Å². The second kappa shape index (κ2) is 6.19. The van der Waals surface area contributed by atoms with Gasteiger partial charge in [0, 0.05) is 6.42 Å². The van der Waals surface area contributed by atoms with Gasteiger partial charge in [0.15, 0.2) is 0 Å². The molecule has 2 fully saturated rings. The fraction of sp³-hybridized carbons (Fsp3) is 0.579. The number of ether oxygens (including phenoxy) is 2. The average Bonchev–Trinajstić information content (AvgIpc) is 3.23. The fourth-order valence-corrected chi connectivity index (χ4v) is 3.08. The summed E-state index contributed by atoms with van der Waals surface area (Å²) in [5.41, 5.74) is 0.828. The Morgan fingerprint density at radius 3 is 2.83 bits per heavy atom. The van der Waals surface area contributed by atoms with Gasteiger partial charge in [-0.3, -0.25) is 4.79 Å². The van der Waals surface area contributed by atoms with Crippen molar-refractivity contribution < 1.29 is 14.3 Å². The summed E-state index contributed by atoms with van der Waals surface area (Å²) >= 11 is 0. The number of hydrogen-bond donors (Lipinski definition) is 1. The molecule has 24 heavy (non-hydrogen) atoms. The van der Waals surface area contributed by atoms with Crippen LogP contribution >= 0.6 is 0 Å². The zero-order valence-corrected chi connectivity index (χ0v) is 14.5. The van der Waals surface area contributed by atoms with Crippen LogP contribution in [0.25, 0.3) is 0 Å². The van der Waals surface area contributed by atoms with Gasteiger partial charge in [-0.15, -0.1) is 0 Å². The number of hydrogen-bond acceptors (Lipinski definition) is 4. The third kappa shape index (κ3) is 3.61. The summed E-state index contributed by atoms with van der Waals surface area (Å²) in [5.74, 6) is -0.0395. The summed E-state index contributed by atoms with van der Waals surface area (Å²) < 4.78 is 11.6. The van der Waals surface area contributed by atoms with Crippen molar-refractivity contribution in [1.29, 1.82) is 5.26 Å². The molecule has 3 rings (SSSR count). The van der Waals surface area contributed by atoms with E-state index in [0.717, 1.165) is 18.4 Å². The second-order valence-corrected chi connectivity index (χ2v) is 7.61. The molecule has 0 spiro atoms. The van der Waals surface area contributed by atoms with E-state index in [-0.39, 0.29) is 23.5 Å². The van der Waals surface area contributed by atoms with Crippen LogP contribution in [0.2, 0.25) is 0 Å². The van der Waals surface area contributed by atoms with Crippen molar-refractivity contribution in [2.75, 3.05) is 13.2 Å². The van der Waals surface area contributed by atoms with Crippen LogP contribution in [-0.4, -0.2) is 30.8 Å². The van der Waals surface area contributed by atoms with Crippen LogP contribution in [-0.2, 0) is 19.9 Å². The Balaban J connectivity index is 1.59. The number of amides is 1. The molecule has 0 aromatic heterocycles. The fourth-order valence-electron chi connectivity index (χ4n) is 3.08. The lowest BCUT2D eigenvalue weighted by atomic mass is 9.85. The highest BCUT2D eigenvalue weighted by Crippen LogP contribution is 2.39. The molecule has 2 aliphatic rings. The number of carbonyl (C=O) groups excluding carboxylic acids is 1. The Labute approximate surface area is 142 Å². The number of benzene rings is 1. The van der Waals surface area contributed by atoms with Gasteiger partial charge >= 0.3 is 0 Å². The van der Waals surface area contributed by atoms with Crippen molar-refractivity contribution >= 4 is 5.91 Å². The van der Waals surface area contributed by atoms with E-state index in [0.29, 0.717) is 18.7 Å². The van der Waals surface area contributed by atoms with Crippen LogP contribution in [0.3, 0.4) is 0 Å². The highest BCUT2D eigenvalue weighted by molar-refractivity contribution is 5.82. The van der Waals surface area contributed by atoms with E-state index in [2.05, 4.69) is 11.4 Å². The van der Waals surface area contributed by atoms with Gasteiger partial charge in [0.2, 0.25) is 5.91 Å². The average molecular weight is 328 g/mol. The lowest BCUT2D eigenvalue weighted by Gasteiger charge is -2.42. The molecule has 1 saturated heterocycles. The molecule has 1 N–H and O–H groups in total. The highest BCUT2D eigenvalue weighted by atomic mass is 16.5. The predicted molar refractivity (Wildman–Crippen MR) is 89.1 cm³/mol. The summed E-state index contributed by atoms with van der Waals surface area (Å²) in [7, 11) is 0. The maximum Gasteiger partial charge on any atom is 0.225 e. The topological polar surface area (TPSA) is 71.3 Å². The number of rotatable bonds is 5. The zero-order chi connectivity index (χ0) is 17.4. The minimum absolute atomic E-state index is 0.0187. The maximum absolute atomic E-state index is 12.3. The number of nitriles is 1. The molecule has 1 aliphatic carbocycles. The third-order valence-corrected chi connectivity index (χ3v) is 4.52. The third-order valence-electron chi connectivity index (χ3n) is 4.52. The van der Waals surface area contributed by atoms with Crippen molar-refractivity contribution in [1.82, 2.24) is 5.32 Å². The first-order valence-electron chi connectivity index (χ1n) is 8.43. The Morgan fingerprint density at radius 2 is 2.25 bits per heavy atom. The van der Waals surface area contributed by atoms with Crippen LogP contribution < -0.4 is 5.32 Å². The molecule has 1 amide bonds. The number of carbonyl (C=O) groups is 1. The normalized spacial score (nSPS) is 28.6. The number of nitrogens with zero attached hydrogens (tertiary/aromatic N) is 1. The molecule has 1 heterocycles. The monoisotopic (exact) mass is 328 g/mol. The van der Waals surface area contributed by atoms with E-state index in [9.17, 15) is 4.79 Å². The largest absolute Gasteiger partial charge is 0.372 e. The maximum atomic E-state index is 12.3. The second-order valence-electron chi connectivity index (χ2n) is 7.61. The van der Waals surface area contributed by atoms with Gasteiger partial charge in [0.25, 0.3) is 0 Å².